The fourth-order valence-electron chi connectivity index (χ4n) is 4.41. The second-order valence-electron chi connectivity index (χ2n) is 8.34. The van der Waals surface area contributed by atoms with Crippen molar-refractivity contribution in [1.29, 1.82) is 0 Å². The highest BCUT2D eigenvalue weighted by molar-refractivity contribution is 6.08. The Balaban J connectivity index is 1.42. The van der Waals surface area contributed by atoms with Crippen LogP contribution in [0.3, 0.4) is 0 Å². The maximum atomic E-state index is 13.1. The quantitative estimate of drug-likeness (QED) is 0.551. The van der Waals surface area contributed by atoms with Crippen molar-refractivity contribution in [2.75, 3.05) is 13.7 Å². The van der Waals surface area contributed by atoms with Gasteiger partial charge in [-0.3, -0.25) is 19.9 Å². The van der Waals surface area contributed by atoms with Crippen LogP contribution in [0, 0.1) is 5.82 Å². The van der Waals surface area contributed by atoms with Gasteiger partial charge in [-0.25, -0.2) is 9.18 Å². The first kappa shape index (κ1) is 21.6. The van der Waals surface area contributed by atoms with Gasteiger partial charge < -0.3 is 15.0 Å². The Morgan fingerprint density at radius 3 is 2.53 bits per heavy atom. The molecule has 0 saturated carbocycles. The van der Waals surface area contributed by atoms with E-state index in [9.17, 15) is 18.8 Å². The summed E-state index contributed by atoms with van der Waals surface area (Å²) >= 11 is 0. The smallest absolute Gasteiger partial charge is 0.322 e. The maximum Gasteiger partial charge on any atom is 0.322 e. The van der Waals surface area contributed by atoms with Gasteiger partial charge in [0.25, 0.3) is 11.8 Å². The van der Waals surface area contributed by atoms with Crippen molar-refractivity contribution >= 4 is 17.8 Å². The van der Waals surface area contributed by atoms with Crippen LogP contribution in [0.1, 0.15) is 32.7 Å². The van der Waals surface area contributed by atoms with Crippen molar-refractivity contribution in [3.63, 3.8) is 0 Å². The number of carbonyl (C=O) groups excluding carboxylic acids is 3. The van der Waals surface area contributed by atoms with Gasteiger partial charge in [0.2, 0.25) is 0 Å². The first-order chi connectivity index (χ1) is 16.4. The molecule has 2 aromatic carbocycles. The van der Waals surface area contributed by atoms with E-state index in [2.05, 4.69) is 15.6 Å². The average molecular weight is 460 g/mol. The molecule has 0 spiro atoms. The highest BCUT2D eigenvalue weighted by atomic mass is 19.1. The van der Waals surface area contributed by atoms with Crippen molar-refractivity contribution in [3.8, 4) is 5.75 Å². The third-order valence-electron chi connectivity index (χ3n) is 6.19. The van der Waals surface area contributed by atoms with Crippen LogP contribution in [0.5, 0.6) is 5.75 Å². The predicted molar refractivity (Wildman–Crippen MR) is 120 cm³/mol. The molecule has 3 aromatic rings. The molecular weight excluding hydrogens is 439 g/mol. The Morgan fingerprint density at radius 1 is 1.09 bits per heavy atom. The molecule has 9 heteroatoms. The Bertz CT molecular complexity index is 1290. The Labute approximate surface area is 194 Å². The molecule has 2 aliphatic heterocycles. The third kappa shape index (κ3) is 3.75. The van der Waals surface area contributed by atoms with Crippen LogP contribution in [0.25, 0.3) is 0 Å². The third-order valence-corrected chi connectivity index (χ3v) is 6.19. The number of hydrogen-bond donors (Lipinski definition) is 2. The van der Waals surface area contributed by atoms with E-state index in [1.165, 1.54) is 13.2 Å². The molecule has 1 saturated heterocycles. The number of ether oxygens (including phenoxy) is 1. The van der Waals surface area contributed by atoms with E-state index in [0.717, 1.165) is 17.3 Å². The molecule has 0 unspecified atom stereocenters. The summed E-state index contributed by atoms with van der Waals surface area (Å²) in [6.45, 7) is 0.288. The lowest BCUT2D eigenvalue weighted by molar-refractivity contribution is -0.124. The van der Waals surface area contributed by atoms with Crippen LogP contribution >= 0.6 is 0 Å². The van der Waals surface area contributed by atoms with Gasteiger partial charge in [-0.2, -0.15) is 0 Å². The lowest BCUT2D eigenvalue weighted by Crippen LogP contribution is -2.52. The number of rotatable bonds is 6. The topological polar surface area (TPSA) is 101 Å². The minimum Gasteiger partial charge on any atom is -0.497 e. The van der Waals surface area contributed by atoms with Crippen LogP contribution in [0.2, 0.25) is 0 Å². The zero-order valence-electron chi connectivity index (χ0n) is 18.3. The minimum absolute atomic E-state index is 0.0285. The second-order valence-corrected chi connectivity index (χ2v) is 8.34. The van der Waals surface area contributed by atoms with Crippen LogP contribution in [0.4, 0.5) is 9.18 Å². The molecule has 172 valence electrons. The van der Waals surface area contributed by atoms with E-state index < -0.39 is 23.3 Å². The maximum absolute atomic E-state index is 13.1. The fourth-order valence-corrected chi connectivity index (χ4v) is 4.41. The number of benzene rings is 2. The van der Waals surface area contributed by atoms with Gasteiger partial charge in [-0.05, 0) is 41.0 Å². The van der Waals surface area contributed by atoms with Crippen LogP contribution in [-0.4, -0.2) is 41.4 Å². The summed E-state index contributed by atoms with van der Waals surface area (Å²) in [6.07, 6.45) is 1.64. The molecule has 0 aliphatic carbocycles. The molecule has 3 heterocycles. The molecule has 2 aliphatic rings. The van der Waals surface area contributed by atoms with Gasteiger partial charge in [0.15, 0.2) is 5.54 Å². The average Bonchev–Trinajstić information content (AvgIpc) is 3.30. The molecule has 8 nitrogen and oxygen atoms in total. The minimum atomic E-state index is -1.43. The molecule has 1 atom stereocenters. The van der Waals surface area contributed by atoms with Crippen LogP contribution < -0.4 is 15.4 Å². The monoisotopic (exact) mass is 460 g/mol. The number of hydrogen-bond acceptors (Lipinski definition) is 5. The summed E-state index contributed by atoms with van der Waals surface area (Å²) in [4.78, 5) is 43.8. The number of halogens is 1. The van der Waals surface area contributed by atoms with E-state index in [1.54, 1.807) is 35.2 Å². The largest absolute Gasteiger partial charge is 0.497 e. The number of aromatic nitrogens is 1. The molecule has 34 heavy (non-hydrogen) atoms. The number of urea groups is 1. The van der Waals surface area contributed by atoms with Crippen molar-refractivity contribution in [2.45, 2.75) is 18.5 Å². The standard InChI is InChI=1S/C25H21FN4O4/c1-34-20-9-4-16-13-30(22(31)21(16)11-20)14-25(23(32)28-24(33)29-25)17-5-2-15(3-6-17)10-19-8-7-18(26)12-27-19/h2-9,11-12H,10,13-14H2,1H3,(H2,28,29,32,33)/t25-/m0/s1. The van der Waals surface area contributed by atoms with Gasteiger partial charge in [0.05, 0.1) is 19.9 Å². The first-order valence-corrected chi connectivity index (χ1v) is 10.7. The van der Waals surface area contributed by atoms with Gasteiger partial charge in [0.1, 0.15) is 11.6 Å². The van der Waals surface area contributed by atoms with Crippen LogP contribution in [0.15, 0.2) is 60.8 Å². The number of imide groups is 1. The number of carbonyl (C=O) groups is 3. The summed E-state index contributed by atoms with van der Waals surface area (Å²) in [6, 6.07) is 14.8. The number of amides is 4. The van der Waals surface area contributed by atoms with E-state index in [-0.39, 0.29) is 12.5 Å². The summed E-state index contributed by atoms with van der Waals surface area (Å²) in [7, 11) is 1.53. The zero-order chi connectivity index (χ0) is 23.9. The zero-order valence-corrected chi connectivity index (χ0v) is 18.3. The van der Waals surface area contributed by atoms with E-state index in [1.807, 2.05) is 18.2 Å². The summed E-state index contributed by atoms with van der Waals surface area (Å²) in [5.74, 6) is -0.587. The molecule has 1 aromatic heterocycles. The Kier molecular flexibility index (Phi) is 5.24. The Morgan fingerprint density at radius 2 is 1.88 bits per heavy atom. The van der Waals surface area contributed by atoms with Gasteiger partial charge >= 0.3 is 6.03 Å². The molecule has 5 rings (SSSR count). The predicted octanol–water partition coefficient (Wildman–Crippen LogP) is 2.51. The normalized spacial score (nSPS) is 19.1. The molecule has 0 radical (unpaired) electrons. The number of nitrogens with one attached hydrogen (secondary N) is 2. The van der Waals surface area contributed by atoms with Crippen molar-refractivity contribution in [3.05, 3.63) is 94.6 Å². The number of fused-ring (bicyclic) bond motifs is 1. The van der Waals surface area contributed by atoms with Gasteiger partial charge in [-0.15, -0.1) is 0 Å². The summed E-state index contributed by atoms with van der Waals surface area (Å²) in [5.41, 5.74) is 2.07. The molecule has 4 amide bonds. The van der Waals surface area contributed by atoms with Crippen molar-refractivity contribution in [2.24, 2.45) is 0 Å². The highest BCUT2D eigenvalue weighted by Gasteiger charge is 2.50. The van der Waals surface area contributed by atoms with Crippen molar-refractivity contribution < 1.29 is 23.5 Å². The molecule has 2 N–H and O–H groups in total. The van der Waals surface area contributed by atoms with Crippen LogP contribution in [-0.2, 0) is 23.3 Å². The first-order valence-electron chi connectivity index (χ1n) is 10.7. The van der Waals surface area contributed by atoms with Crippen molar-refractivity contribution in [1.82, 2.24) is 20.5 Å². The lowest BCUT2D eigenvalue weighted by Gasteiger charge is -2.31. The number of pyridine rings is 1. The highest BCUT2D eigenvalue weighted by Crippen LogP contribution is 2.32. The summed E-state index contributed by atoms with van der Waals surface area (Å²) in [5, 5.41) is 5.04. The van der Waals surface area contributed by atoms with E-state index in [0.29, 0.717) is 35.5 Å². The van der Waals surface area contributed by atoms with E-state index in [4.69, 9.17) is 4.74 Å². The Hall–Kier alpha value is -4.27. The second kappa shape index (κ2) is 8.26. The van der Waals surface area contributed by atoms with Gasteiger partial charge in [0, 0.05) is 24.2 Å². The number of methoxy groups -OCH3 is 1. The van der Waals surface area contributed by atoms with E-state index >= 15 is 0 Å². The molecule has 1 fully saturated rings. The number of nitrogens with zero attached hydrogens (tertiary/aromatic N) is 2. The molecular formula is C25H21FN4O4. The SMILES string of the molecule is COc1ccc2c(c1)C(=O)N(C[C@@]1(c3ccc(Cc4ccc(F)cn4)cc3)NC(=O)NC1=O)C2. The lowest BCUT2D eigenvalue weighted by atomic mass is 9.88. The molecule has 0 bridgehead atoms. The summed E-state index contributed by atoms with van der Waals surface area (Å²) < 4.78 is 18.3. The van der Waals surface area contributed by atoms with Gasteiger partial charge in [-0.1, -0.05) is 30.3 Å². The fraction of sp³-hybridized carbons (Fsp3) is 0.200.